The maximum atomic E-state index is 12.3. The minimum Gasteiger partial charge on any atom is -0.351 e. The van der Waals surface area contributed by atoms with Crippen molar-refractivity contribution in [2.75, 3.05) is 11.5 Å². The number of hydrogen-bond donors (Lipinski definition) is 2. The molecule has 1 aromatic heterocycles. The van der Waals surface area contributed by atoms with Crippen LogP contribution in [0.1, 0.15) is 42.2 Å². The van der Waals surface area contributed by atoms with Crippen LogP contribution in [0, 0.1) is 0 Å². The molecule has 1 aliphatic heterocycles. The summed E-state index contributed by atoms with van der Waals surface area (Å²) in [5.74, 6) is 0.372. The van der Waals surface area contributed by atoms with Crippen LogP contribution in [0.25, 0.3) is 10.9 Å². The lowest BCUT2D eigenvalue weighted by Crippen LogP contribution is -2.35. The minimum atomic E-state index is -2.99. The molecule has 6 heteroatoms. The summed E-state index contributed by atoms with van der Waals surface area (Å²) in [5, 5.41) is 3.78. The Balaban J connectivity index is 1.79. The van der Waals surface area contributed by atoms with E-state index in [0.717, 1.165) is 10.9 Å². The quantitative estimate of drug-likeness (QED) is 0.910. The third kappa shape index (κ3) is 3.02. The molecule has 1 fully saturated rings. The molecule has 1 atom stereocenters. The van der Waals surface area contributed by atoms with Crippen molar-refractivity contribution in [2.24, 2.45) is 0 Å². The zero-order valence-electron chi connectivity index (χ0n) is 12.7. The highest BCUT2D eigenvalue weighted by atomic mass is 32.2. The standard InChI is InChI=1S/C16H20N2O3S/c1-10(2)11-3-4-12-8-15(18-14(12)7-11)16(19)17-13-5-6-22(20,21)9-13/h3-4,7-8,10,13,18H,5-6,9H2,1-2H3,(H,17,19). The molecule has 1 aromatic carbocycles. The van der Waals surface area contributed by atoms with E-state index >= 15 is 0 Å². The predicted octanol–water partition coefficient (Wildman–Crippen LogP) is 2.21. The Bertz CT molecular complexity index is 821. The zero-order chi connectivity index (χ0) is 15.9. The molecule has 2 aromatic rings. The first-order chi connectivity index (χ1) is 10.3. The number of sulfone groups is 1. The molecule has 1 saturated heterocycles. The van der Waals surface area contributed by atoms with Gasteiger partial charge in [-0.2, -0.15) is 0 Å². The van der Waals surface area contributed by atoms with Gasteiger partial charge >= 0.3 is 0 Å². The average molecular weight is 320 g/mol. The van der Waals surface area contributed by atoms with Crippen molar-refractivity contribution in [3.63, 3.8) is 0 Å². The lowest BCUT2D eigenvalue weighted by molar-refractivity contribution is 0.0937. The van der Waals surface area contributed by atoms with Gasteiger partial charge in [-0.25, -0.2) is 8.42 Å². The topological polar surface area (TPSA) is 79.0 Å². The van der Waals surface area contributed by atoms with Crippen LogP contribution in [0.5, 0.6) is 0 Å². The SMILES string of the molecule is CC(C)c1ccc2cc(C(=O)NC3CCS(=O)(=O)C3)[nH]c2c1. The van der Waals surface area contributed by atoms with Crippen molar-refractivity contribution < 1.29 is 13.2 Å². The van der Waals surface area contributed by atoms with E-state index in [4.69, 9.17) is 0 Å². The summed E-state index contributed by atoms with van der Waals surface area (Å²) in [4.78, 5) is 15.4. The Morgan fingerprint density at radius 3 is 2.73 bits per heavy atom. The van der Waals surface area contributed by atoms with Gasteiger partial charge in [-0.1, -0.05) is 26.0 Å². The Hall–Kier alpha value is -1.82. The molecule has 3 rings (SSSR count). The number of amides is 1. The largest absolute Gasteiger partial charge is 0.351 e. The highest BCUT2D eigenvalue weighted by Crippen LogP contribution is 2.22. The van der Waals surface area contributed by atoms with E-state index < -0.39 is 9.84 Å². The predicted molar refractivity (Wildman–Crippen MR) is 86.9 cm³/mol. The number of rotatable bonds is 3. The summed E-state index contributed by atoms with van der Waals surface area (Å²) in [6.45, 7) is 4.25. The van der Waals surface area contributed by atoms with Gasteiger partial charge in [-0.05, 0) is 30.0 Å². The summed E-state index contributed by atoms with van der Waals surface area (Å²) < 4.78 is 22.9. The van der Waals surface area contributed by atoms with E-state index in [-0.39, 0.29) is 23.5 Å². The number of carbonyl (C=O) groups is 1. The van der Waals surface area contributed by atoms with Crippen molar-refractivity contribution in [3.05, 3.63) is 35.5 Å². The van der Waals surface area contributed by atoms with Gasteiger partial charge in [-0.3, -0.25) is 4.79 Å². The fraction of sp³-hybridized carbons (Fsp3) is 0.438. The molecule has 2 heterocycles. The van der Waals surface area contributed by atoms with E-state index in [0.29, 0.717) is 18.0 Å². The molecule has 0 radical (unpaired) electrons. The van der Waals surface area contributed by atoms with Crippen molar-refractivity contribution >= 4 is 26.6 Å². The van der Waals surface area contributed by atoms with Gasteiger partial charge in [0.25, 0.3) is 5.91 Å². The minimum absolute atomic E-state index is 0.0382. The molecular formula is C16H20N2O3S. The third-order valence-electron chi connectivity index (χ3n) is 4.13. The van der Waals surface area contributed by atoms with Gasteiger partial charge < -0.3 is 10.3 Å². The van der Waals surface area contributed by atoms with Crippen molar-refractivity contribution in [2.45, 2.75) is 32.2 Å². The van der Waals surface area contributed by atoms with Gasteiger partial charge in [0, 0.05) is 16.9 Å². The number of aromatic amines is 1. The first-order valence-electron chi connectivity index (χ1n) is 7.48. The van der Waals surface area contributed by atoms with Crippen LogP contribution in [0.2, 0.25) is 0 Å². The molecular weight excluding hydrogens is 300 g/mol. The summed E-state index contributed by atoms with van der Waals surface area (Å²) in [6.07, 6.45) is 0.492. The van der Waals surface area contributed by atoms with E-state index in [9.17, 15) is 13.2 Å². The fourth-order valence-electron chi connectivity index (χ4n) is 2.80. The summed E-state index contributed by atoms with van der Waals surface area (Å²) in [7, 11) is -2.99. The second-order valence-electron chi connectivity index (χ2n) is 6.26. The van der Waals surface area contributed by atoms with Crippen LogP contribution < -0.4 is 5.32 Å². The van der Waals surface area contributed by atoms with Gasteiger partial charge in [0.15, 0.2) is 9.84 Å². The fourth-order valence-corrected chi connectivity index (χ4v) is 4.47. The number of benzene rings is 1. The first-order valence-corrected chi connectivity index (χ1v) is 9.30. The lowest BCUT2D eigenvalue weighted by atomic mass is 10.0. The highest BCUT2D eigenvalue weighted by Gasteiger charge is 2.29. The molecule has 1 unspecified atom stereocenters. The number of aromatic nitrogens is 1. The Morgan fingerprint density at radius 2 is 2.09 bits per heavy atom. The maximum absolute atomic E-state index is 12.3. The Kier molecular flexibility index (Phi) is 3.72. The first kappa shape index (κ1) is 15.1. The van der Waals surface area contributed by atoms with Crippen molar-refractivity contribution in [1.29, 1.82) is 0 Å². The normalized spacial score (nSPS) is 20.6. The van der Waals surface area contributed by atoms with Crippen LogP contribution in [0.4, 0.5) is 0 Å². The smallest absolute Gasteiger partial charge is 0.267 e. The summed E-state index contributed by atoms with van der Waals surface area (Å²) >= 11 is 0. The summed E-state index contributed by atoms with van der Waals surface area (Å²) in [6, 6.07) is 7.63. The molecule has 0 bridgehead atoms. The molecule has 0 saturated carbocycles. The molecule has 0 aliphatic carbocycles. The van der Waals surface area contributed by atoms with Crippen molar-refractivity contribution in [3.8, 4) is 0 Å². The monoisotopic (exact) mass is 320 g/mol. The Labute approximate surface area is 130 Å². The van der Waals surface area contributed by atoms with Gasteiger partial charge in [-0.15, -0.1) is 0 Å². The Morgan fingerprint density at radius 1 is 1.32 bits per heavy atom. The number of carbonyl (C=O) groups excluding carboxylic acids is 1. The summed E-state index contributed by atoms with van der Waals surface area (Å²) in [5.41, 5.74) is 2.61. The molecule has 1 aliphatic rings. The zero-order valence-corrected chi connectivity index (χ0v) is 13.5. The van der Waals surface area contributed by atoms with Crippen LogP contribution in [-0.2, 0) is 9.84 Å². The lowest BCUT2D eigenvalue weighted by Gasteiger charge is -2.09. The maximum Gasteiger partial charge on any atom is 0.267 e. The van der Waals surface area contributed by atoms with E-state index in [1.165, 1.54) is 5.56 Å². The molecule has 22 heavy (non-hydrogen) atoms. The van der Waals surface area contributed by atoms with Gasteiger partial charge in [0.05, 0.1) is 11.5 Å². The van der Waals surface area contributed by atoms with Crippen molar-refractivity contribution in [1.82, 2.24) is 10.3 Å². The third-order valence-corrected chi connectivity index (χ3v) is 5.89. The molecule has 0 spiro atoms. The van der Waals surface area contributed by atoms with Crippen LogP contribution in [0.15, 0.2) is 24.3 Å². The van der Waals surface area contributed by atoms with Crippen LogP contribution >= 0.6 is 0 Å². The number of hydrogen-bond acceptors (Lipinski definition) is 3. The molecule has 118 valence electrons. The number of H-pyrrole nitrogens is 1. The van der Waals surface area contributed by atoms with E-state index in [1.54, 1.807) is 6.07 Å². The van der Waals surface area contributed by atoms with E-state index in [2.05, 4.69) is 36.3 Å². The van der Waals surface area contributed by atoms with Crippen LogP contribution in [-0.4, -0.2) is 36.9 Å². The molecule has 5 nitrogen and oxygen atoms in total. The second-order valence-corrected chi connectivity index (χ2v) is 8.49. The van der Waals surface area contributed by atoms with E-state index in [1.807, 2.05) is 6.07 Å². The van der Waals surface area contributed by atoms with Gasteiger partial charge in [0.2, 0.25) is 0 Å². The molecule has 2 N–H and O–H groups in total. The van der Waals surface area contributed by atoms with Crippen LogP contribution in [0.3, 0.4) is 0 Å². The number of fused-ring (bicyclic) bond motifs is 1. The average Bonchev–Trinajstić information content (AvgIpc) is 3.00. The van der Waals surface area contributed by atoms with Gasteiger partial charge in [0.1, 0.15) is 5.69 Å². The second kappa shape index (κ2) is 5.43. The molecule has 1 amide bonds. The number of nitrogens with one attached hydrogen (secondary N) is 2. The highest BCUT2D eigenvalue weighted by molar-refractivity contribution is 7.91.